The Kier molecular flexibility index (Phi) is 3.49. The summed E-state index contributed by atoms with van der Waals surface area (Å²) < 4.78 is 5.66. The summed E-state index contributed by atoms with van der Waals surface area (Å²) in [7, 11) is 0. The fourth-order valence-electron chi connectivity index (χ4n) is 1.52. The molecule has 0 spiro atoms. The minimum atomic E-state index is 0.394. The van der Waals surface area contributed by atoms with Crippen molar-refractivity contribution < 1.29 is 4.74 Å². The Labute approximate surface area is 105 Å². The number of benzene rings is 1. The second-order valence-electron chi connectivity index (χ2n) is 3.77. The van der Waals surface area contributed by atoms with E-state index < -0.39 is 0 Å². The molecule has 0 aliphatic heterocycles. The lowest BCUT2D eigenvalue weighted by Crippen LogP contribution is -1.99. The van der Waals surface area contributed by atoms with Crippen LogP contribution in [0.25, 0.3) is 0 Å². The fraction of sp³-hybridized carbons (Fsp3) is 0.154. The third-order valence-electron chi connectivity index (χ3n) is 2.35. The van der Waals surface area contributed by atoms with Crippen LogP contribution in [-0.4, -0.2) is 4.98 Å². The monoisotopic (exact) mass is 248 g/mol. The van der Waals surface area contributed by atoms with Crippen LogP contribution >= 0.6 is 11.6 Å². The van der Waals surface area contributed by atoms with E-state index in [1.807, 2.05) is 37.3 Å². The molecule has 17 heavy (non-hydrogen) atoms. The number of aryl methyl sites for hydroxylation is 1. The second kappa shape index (κ2) is 5.06. The average Bonchev–Trinajstić information content (AvgIpc) is 2.28. The van der Waals surface area contributed by atoms with Crippen molar-refractivity contribution in [3.63, 3.8) is 0 Å². The number of anilines is 1. The van der Waals surface area contributed by atoms with Crippen LogP contribution in [0.2, 0.25) is 5.15 Å². The molecule has 0 atom stereocenters. The first-order valence-electron chi connectivity index (χ1n) is 5.25. The molecule has 88 valence electrons. The van der Waals surface area contributed by atoms with Crippen LogP contribution in [0, 0.1) is 6.92 Å². The molecule has 0 unspecified atom stereocenters. The van der Waals surface area contributed by atoms with Crippen LogP contribution in [0.5, 0.6) is 5.75 Å². The molecule has 1 aromatic carbocycles. The highest BCUT2D eigenvalue weighted by atomic mass is 35.5. The Morgan fingerprint density at radius 3 is 2.82 bits per heavy atom. The van der Waals surface area contributed by atoms with Crippen molar-refractivity contribution in [1.29, 1.82) is 0 Å². The van der Waals surface area contributed by atoms with Crippen molar-refractivity contribution >= 4 is 17.3 Å². The molecule has 2 rings (SSSR count). The quantitative estimate of drug-likeness (QED) is 0.670. The fourth-order valence-corrected chi connectivity index (χ4v) is 1.70. The number of halogens is 1. The predicted molar refractivity (Wildman–Crippen MR) is 69.2 cm³/mol. The van der Waals surface area contributed by atoms with Gasteiger partial charge in [0.15, 0.2) is 0 Å². The average molecular weight is 249 g/mol. The predicted octanol–water partition coefficient (Wildman–Crippen LogP) is 3.20. The molecule has 4 heteroatoms. The summed E-state index contributed by atoms with van der Waals surface area (Å²) in [5.41, 5.74) is 8.21. The van der Waals surface area contributed by atoms with E-state index >= 15 is 0 Å². The van der Waals surface area contributed by atoms with Gasteiger partial charge in [0.2, 0.25) is 0 Å². The molecule has 0 radical (unpaired) electrons. The molecule has 0 aliphatic carbocycles. The molecule has 0 amide bonds. The van der Waals surface area contributed by atoms with Crippen molar-refractivity contribution in [3.05, 3.63) is 52.8 Å². The standard InChI is InChI=1S/C13H13ClN2O/c1-9-7-10(15)5-6-12(9)17-8-11-3-2-4-13(14)16-11/h2-7H,8,15H2,1H3. The van der Waals surface area contributed by atoms with Crippen molar-refractivity contribution in [3.8, 4) is 5.75 Å². The van der Waals surface area contributed by atoms with Gasteiger partial charge in [-0.1, -0.05) is 17.7 Å². The zero-order valence-corrected chi connectivity index (χ0v) is 10.2. The lowest BCUT2D eigenvalue weighted by molar-refractivity contribution is 0.299. The molecule has 3 nitrogen and oxygen atoms in total. The van der Waals surface area contributed by atoms with Crippen molar-refractivity contribution in [1.82, 2.24) is 4.98 Å². The normalized spacial score (nSPS) is 10.2. The molecular weight excluding hydrogens is 236 g/mol. The summed E-state index contributed by atoms with van der Waals surface area (Å²) in [6, 6.07) is 11.0. The molecule has 2 N–H and O–H groups in total. The third kappa shape index (κ3) is 3.11. The summed E-state index contributed by atoms with van der Waals surface area (Å²) >= 11 is 5.80. The van der Waals surface area contributed by atoms with Crippen molar-refractivity contribution in [2.45, 2.75) is 13.5 Å². The van der Waals surface area contributed by atoms with Gasteiger partial charge in [-0.05, 0) is 42.8 Å². The lowest BCUT2D eigenvalue weighted by atomic mass is 10.2. The summed E-state index contributed by atoms with van der Waals surface area (Å²) in [6.45, 7) is 2.35. The van der Waals surface area contributed by atoms with Crippen LogP contribution in [-0.2, 0) is 6.61 Å². The van der Waals surface area contributed by atoms with E-state index in [-0.39, 0.29) is 0 Å². The second-order valence-corrected chi connectivity index (χ2v) is 4.15. The number of aromatic nitrogens is 1. The SMILES string of the molecule is Cc1cc(N)ccc1OCc1cccc(Cl)n1. The smallest absolute Gasteiger partial charge is 0.130 e. The number of nitrogens with two attached hydrogens (primary N) is 1. The minimum Gasteiger partial charge on any atom is -0.487 e. The van der Waals surface area contributed by atoms with Crippen molar-refractivity contribution in [2.24, 2.45) is 0 Å². The number of ether oxygens (including phenoxy) is 1. The molecule has 0 saturated heterocycles. The molecule has 0 fully saturated rings. The number of rotatable bonds is 3. The van der Waals surface area contributed by atoms with E-state index in [1.54, 1.807) is 6.07 Å². The van der Waals surface area contributed by atoms with Gasteiger partial charge in [-0.15, -0.1) is 0 Å². The topological polar surface area (TPSA) is 48.1 Å². The van der Waals surface area contributed by atoms with Gasteiger partial charge >= 0.3 is 0 Å². The maximum Gasteiger partial charge on any atom is 0.130 e. The molecule has 1 heterocycles. The van der Waals surface area contributed by atoms with Gasteiger partial charge in [-0.3, -0.25) is 0 Å². The van der Waals surface area contributed by atoms with Gasteiger partial charge in [0.25, 0.3) is 0 Å². The van der Waals surface area contributed by atoms with Crippen LogP contribution in [0.4, 0.5) is 5.69 Å². The Bertz CT molecular complexity index is 529. The van der Waals surface area contributed by atoms with E-state index in [2.05, 4.69) is 4.98 Å². The van der Waals surface area contributed by atoms with Crippen LogP contribution in [0.3, 0.4) is 0 Å². The van der Waals surface area contributed by atoms with E-state index in [1.165, 1.54) is 0 Å². The lowest BCUT2D eigenvalue weighted by Gasteiger charge is -2.09. The van der Waals surface area contributed by atoms with E-state index in [0.717, 1.165) is 22.7 Å². The van der Waals surface area contributed by atoms with Gasteiger partial charge < -0.3 is 10.5 Å². The largest absolute Gasteiger partial charge is 0.487 e. The van der Waals surface area contributed by atoms with Crippen LogP contribution in [0.15, 0.2) is 36.4 Å². The maximum absolute atomic E-state index is 5.80. The minimum absolute atomic E-state index is 0.394. The maximum atomic E-state index is 5.80. The van der Waals surface area contributed by atoms with Gasteiger partial charge in [-0.2, -0.15) is 0 Å². The Balaban J connectivity index is 2.07. The van der Waals surface area contributed by atoms with Crippen LogP contribution < -0.4 is 10.5 Å². The Morgan fingerprint density at radius 2 is 2.12 bits per heavy atom. The summed E-state index contributed by atoms with van der Waals surface area (Å²) in [5.74, 6) is 0.806. The number of hydrogen-bond donors (Lipinski definition) is 1. The van der Waals surface area contributed by atoms with E-state index in [9.17, 15) is 0 Å². The summed E-state index contributed by atoms with van der Waals surface area (Å²) in [5, 5.41) is 0.472. The molecular formula is C13H13ClN2O. The first-order valence-corrected chi connectivity index (χ1v) is 5.63. The van der Waals surface area contributed by atoms with Gasteiger partial charge in [0.1, 0.15) is 17.5 Å². The number of hydrogen-bond acceptors (Lipinski definition) is 3. The Morgan fingerprint density at radius 1 is 1.29 bits per heavy atom. The molecule has 0 aliphatic rings. The summed E-state index contributed by atoms with van der Waals surface area (Å²) in [4.78, 5) is 4.15. The zero-order chi connectivity index (χ0) is 12.3. The zero-order valence-electron chi connectivity index (χ0n) is 9.48. The van der Waals surface area contributed by atoms with E-state index in [0.29, 0.717) is 11.8 Å². The molecule has 2 aromatic rings. The Hall–Kier alpha value is -1.74. The molecule has 0 bridgehead atoms. The molecule has 1 aromatic heterocycles. The van der Waals surface area contributed by atoms with Gasteiger partial charge in [0, 0.05) is 5.69 Å². The summed E-state index contributed by atoms with van der Waals surface area (Å²) in [6.07, 6.45) is 0. The highest BCUT2D eigenvalue weighted by molar-refractivity contribution is 6.29. The van der Waals surface area contributed by atoms with Gasteiger partial charge in [-0.25, -0.2) is 4.98 Å². The molecule has 0 saturated carbocycles. The first-order chi connectivity index (χ1) is 8.15. The highest BCUT2D eigenvalue weighted by Crippen LogP contribution is 2.21. The third-order valence-corrected chi connectivity index (χ3v) is 2.56. The van der Waals surface area contributed by atoms with Gasteiger partial charge in [0.05, 0.1) is 5.69 Å². The van der Waals surface area contributed by atoms with Crippen LogP contribution in [0.1, 0.15) is 11.3 Å². The highest BCUT2D eigenvalue weighted by Gasteiger charge is 2.01. The van der Waals surface area contributed by atoms with Crippen molar-refractivity contribution in [2.75, 3.05) is 5.73 Å². The number of nitrogens with zero attached hydrogens (tertiary/aromatic N) is 1. The van der Waals surface area contributed by atoms with E-state index in [4.69, 9.17) is 22.1 Å². The number of nitrogen functional groups attached to an aromatic ring is 1. The number of pyridine rings is 1. The first kappa shape index (κ1) is 11.7.